The fourth-order valence-corrected chi connectivity index (χ4v) is 9.25. The summed E-state index contributed by atoms with van der Waals surface area (Å²) in [6.45, 7) is 8.87. The maximum atomic E-state index is 12.6. The van der Waals surface area contributed by atoms with Crippen molar-refractivity contribution in [2.75, 3.05) is 0 Å². The van der Waals surface area contributed by atoms with E-state index in [2.05, 4.69) is 27.7 Å². The van der Waals surface area contributed by atoms with Gasteiger partial charge in [-0.05, 0) is 111 Å². The van der Waals surface area contributed by atoms with Crippen LogP contribution in [0.2, 0.25) is 0 Å². The zero-order valence-electron chi connectivity index (χ0n) is 22.5. The highest BCUT2D eigenvalue weighted by Crippen LogP contribution is 2.70. The number of hydrogen-bond acceptors (Lipinski definition) is 6. The third-order valence-electron chi connectivity index (χ3n) is 11.2. The quantitative estimate of drug-likeness (QED) is 0.542. The molecule has 1 heterocycles. The fraction of sp³-hybridized carbons (Fsp3) is 0.800. The minimum Gasteiger partial charge on any atom is -0.461 e. The molecule has 0 bridgehead atoms. The summed E-state index contributed by atoms with van der Waals surface area (Å²) >= 11 is 0. The molecule has 200 valence electrons. The summed E-state index contributed by atoms with van der Waals surface area (Å²) < 4.78 is 11.1. The Morgan fingerprint density at radius 3 is 2.58 bits per heavy atom. The van der Waals surface area contributed by atoms with E-state index in [9.17, 15) is 14.7 Å². The van der Waals surface area contributed by atoms with Crippen LogP contribution in [-0.4, -0.2) is 28.8 Å². The van der Waals surface area contributed by atoms with Crippen molar-refractivity contribution in [1.29, 1.82) is 0 Å². The summed E-state index contributed by atoms with van der Waals surface area (Å²) in [7, 11) is 0. The molecule has 5 rings (SSSR count). The van der Waals surface area contributed by atoms with E-state index < -0.39 is 11.6 Å². The van der Waals surface area contributed by atoms with Crippen molar-refractivity contribution in [3.63, 3.8) is 0 Å². The van der Waals surface area contributed by atoms with Crippen LogP contribution < -0.4 is 11.4 Å². The number of nitrogens with two attached hydrogens (primary N) is 1. The molecule has 36 heavy (non-hydrogen) atoms. The highest BCUT2D eigenvalue weighted by molar-refractivity contribution is 5.75. The van der Waals surface area contributed by atoms with E-state index in [1.165, 1.54) is 6.07 Å². The van der Waals surface area contributed by atoms with E-state index in [1.54, 1.807) is 6.26 Å². The summed E-state index contributed by atoms with van der Waals surface area (Å²) in [5.74, 6) is 1.63. The van der Waals surface area contributed by atoms with Crippen LogP contribution in [0.4, 0.5) is 0 Å². The lowest BCUT2D eigenvalue weighted by Gasteiger charge is -2.63. The van der Waals surface area contributed by atoms with Gasteiger partial charge in [0.2, 0.25) is 0 Å². The van der Waals surface area contributed by atoms with Gasteiger partial charge in [-0.15, -0.1) is 0 Å². The van der Waals surface area contributed by atoms with Crippen LogP contribution in [0, 0.1) is 34.5 Å². The molecule has 1 unspecified atom stereocenters. The molecule has 4 aliphatic rings. The molecule has 6 heteroatoms. The predicted octanol–water partition coefficient (Wildman–Crippen LogP) is 5.17. The molecule has 4 saturated carbocycles. The lowest BCUT2D eigenvalue weighted by Crippen LogP contribution is -2.62. The van der Waals surface area contributed by atoms with Gasteiger partial charge in [-0.3, -0.25) is 4.79 Å². The smallest absolute Gasteiger partial charge is 0.335 e. The van der Waals surface area contributed by atoms with Crippen LogP contribution >= 0.6 is 0 Å². The van der Waals surface area contributed by atoms with Crippen LogP contribution in [0.25, 0.3) is 0 Å². The first kappa shape index (κ1) is 26.0. The maximum Gasteiger partial charge on any atom is 0.335 e. The van der Waals surface area contributed by atoms with Gasteiger partial charge in [0.1, 0.15) is 12.1 Å². The molecule has 3 N–H and O–H groups in total. The molecule has 9 atom stereocenters. The van der Waals surface area contributed by atoms with Gasteiger partial charge in [0, 0.05) is 11.5 Å². The maximum absolute atomic E-state index is 12.6. The van der Waals surface area contributed by atoms with Gasteiger partial charge in [-0.25, -0.2) is 4.79 Å². The fourth-order valence-electron chi connectivity index (χ4n) is 9.25. The number of aliphatic hydroxyl groups is 1. The number of hydrogen-bond donors (Lipinski definition) is 2. The number of fused-ring (bicyclic) bond motifs is 5. The first-order chi connectivity index (χ1) is 17.0. The molecule has 1 aromatic heterocycles. The van der Waals surface area contributed by atoms with Crippen LogP contribution in [0.15, 0.2) is 27.6 Å². The molecule has 0 spiro atoms. The van der Waals surface area contributed by atoms with Crippen molar-refractivity contribution in [2.45, 2.75) is 116 Å². The highest BCUT2D eigenvalue weighted by atomic mass is 16.5. The third-order valence-corrected chi connectivity index (χ3v) is 11.2. The first-order valence-corrected chi connectivity index (χ1v) is 14.2. The standard InChI is InChI=1S/C30H45NO5/c1-18(2)15-25(31)27(33)36-21-9-12-28(3)20(16-21)6-7-24-23(28)10-13-29(4)22(11-14-30(24,29)34)19-5-8-26(32)35-17-19/h5,8,17-18,20-25,34H,6-7,9-16,31H2,1-4H3/t20-,21+,22-,23+,24-,25?,28+,29-,30+/m1/s1. The molecule has 4 fully saturated rings. The molecule has 4 aliphatic carbocycles. The van der Waals surface area contributed by atoms with E-state index in [4.69, 9.17) is 14.9 Å². The van der Waals surface area contributed by atoms with Gasteiger partial charge >= 0.3 is 11.6 Å². The lowest BCUT2D eigenvalue weighted by atomic mass is 9.43. The predicted molar refractivity (Wildman–Crippen MR) is 138 cm³/mol. The van der Waals surface area contributed by atoms with Gasteiger partial charge in [0.05, 0.1) is 11.9 Å². The molecule has 0 saturated heterocycles. The normalized spacial score (nSPS) is 42.8. The Labute approximate surface area is 215 Å². The van der Waals surface area contributed by atoms with Crippen molar-refractivity contribution >= 4 is 5.97 Å². The van der Waals surface area contributed by atoms with Crippen molar-refractivity contribution in [2.24, 2.45) is 40.2 Å². The molecular weight excluding hydrogens is 454 g/mol. The van der Waals surface area contributed by atoms with Crippen molar-refractivity contribution in [1.82, 2.24) is 0 Å². The Morgan fingerprint density at radius 1 is 1.11 bits per heavy atom. The van der Waals surface area contributed by atoms with Crippen LogP contribution in [0.1, 0.15) is 103 Å². The average molecular weight is 500 g/mol. The number of esters is 1. The van der Waals surface area contributed by atoms with E-state index in [-0.39, 0.29) is 40.4 Å². The lowest BCUT2D eigenvalue weighted by molar-refractivity contribution is -0.207. The van der Waals surface area contributed by atoms with Crippen LogP contribution in [-0.2, 0) is 9.53 Å². The number of carbonyl (C=O) groups is 1. The van der Waals surface area contributed by atoms with Gasteiger partial charge in [0.15, 0.2) is 0 Å². The summed E-state index contributed by atoms with van der Waals surface area (Å²) in [5, 5.41) is 12.4. The van der Waals surface area contributed by atoms with Crippen molar-refractivity contribution < 1.29 is 19.1 Å². The SMILES string of the molecule is CC(C)CC(N)C(=O)O[C@H]1CC[C@@]2(C)[C@H](CC[C@@H]3[C@@H]2CC[C@]2(C)[C@@H](c4ccc(=O)oc4)CC[C@]32O)C1. The third kappa shape index (κ3) is 4.07. The zero-order valence-corrected chi connectivity index (χ0v) is 22.5. The van der Waals surface area contributed by atoms with E-state index >= 15 is 0 Å². The number of ether oxygens (including phenoxy) is 1. The van der Waals surface area contributed by atoms with Crippen molar-refractivity contribution in [3.8, 4) is 0 Å². The molecule has 6 nitrogen and oxygen atoms in total. The monoisotopic (exact) mass is 499 g/mol. The van der Waals surface area contributed by atoms with E-state index in [0.29, 0.717) is 24.2 Å². The second-order valence-corrected chi connectivity index (χ2v) is 13.4. The Balaban J connectivity index is 1.30. The highest BCUT2D eigenvalue weighted by Gasteiger charge is 2.67. The van der Waals surface area contributed by atoms with Gasteiger partial charge in [0.25, 0.3) is 0 Å². The van der Waals surface area contributed by atoms with Crippen LogP contribution in [0.3, 0.4) is 0 Å². The summed E-state index contributed by atoms with van der Waals surface area (Å²) in [4.78, 5) is 24.1. The Kier molecular flexibility index (Phi) is 6.68. The number of rotatable bonds is 5. The molecular formula is C30H45NO5. The van der Waals surface area contributed by atoms with Crippen molar-refractivity contribution in [3.05, 3.63) is 34.4 Å². The second-order valence-electron chi connectivity index (χ2n) is 13.4. The Morgan fingerprint density at radius 2 is 1.89 bits per heavy atom. The molecule has 0 aromatic carbocycles. The summed E-state index contributed by atoms with van der Waals surface area (Å²) in [6.07, 6.45) is 11.0. The van der Waals surface area contributed by atoms with Crippen LogP contribution in [0.5, 0.6) is 0 Å². The zero-order chi connectivity index (χ0) is 25.9. The van der Waals surface area contributed by atoms with Gasteiger partial charge < -0.3 is 20.0 Å². The molecule has 0 amide bonds. The molecule has 0 radical (unpaired) electrons. The number of carbonyl (C=O) groups excluding carboxylic acids is 1. The minimum atomic E-state index is -0.697. The topological polar surface area (TPSA) is 103 Å². The minimum absolute atomic E-state index is 0.0362. The second kappa shape index (κ2) is 9.27. The van der Waals surface area contributed by atoms with Gasteiger partial charge in [-0.1, -0.05) is 27.7 Å². The molecule has 0 aliphatic heterocycles. The summed E-state index contributed by atoms with van der Waals surface area (Å²) in [5.41, 5.74) is 6.07. The Bertz CT molecular complexity index is 1020. The average Bonchev–Trinajstić information content (AvgIpc) is 3.10. The van der Waals surface area contributed by atoms with E-state index in [0.717, 1.165) is 63.4 Å². The van der Waals surface area contributed by atoms with Gasteiger partial charge in [-0.2, -0.15) is 0 Å². The molecule has 1 aromatic rings. The first-order valence-electron chi connectivity index (χ1n) is 14.2. The largest absolute Gasteiger partial charge is 0.461 e. The summed E-state index contributed by atoms with van der Waals surface area (Å²) in [6, 6.07) is 2.87. The van der Waals surface area contributed by atoms with E-state index in [1.807, 2.05) is 6.07 Å². The Hall–Kier alpha value is -1.66.